The molecule has 1 aliphatic heterocycles. The second kappa shape index (κ2) is 6.93. The molecule has 126 valence electrons. The highest BCUT2D eigenvalue weighted by molar-refractivity contribution is 5.95. The zero-order valence-electron chi connectivity index (χ0n) is 14.2. The number of hydrogen-bond acceptors (Lipinski definition) is 4. The first-order chi connectivity index (χ1) is 11.6. The Labute approximate surface area is 142 Å². The first-order valence-corrected chi connectivity index (χ1v) is 7.95. The SMILES string of the molecule is COc1cc(OC)cc(C(=O)NC2CNCc3ccc(C)cc32)c1. The van der Waals surface area contributed by atoms with Crippen LogP contribution in [0.2, 0.25) is 0 Å². The van der Waals surface area contributed by atoms with Crippen molar-refractivity contribution in [3.63, 3.8) is 0 Å². The van der Waals surface area contributed by atoms with Crippen LogP contribution in [0.15, 0.2) is 36.4 Å². The summed E-state index contributed by atoms with van der Waals surface area (Å²) in [6.45, 7) is 3.60. The van der Waals surface area contributed by atoms with Crippen molar-refractivity contribution in [3.8, 4) is 11.5 Å². The first kappa shape index (κ1) is 16.3. The van der Waals surface area contributed by atoms with E-state index in [2.05, 4.69) is 35.8 Å². The predicted octanol–water partition coefficient (Wildman–Crippen LogP) is 2.59. The van der Waals surface area contributed by atoms with Crippen LogP contribution >= 0.6 is 0 Å². The first-order valence-electron chi connectivity index (χ1n) is 7.95. The summed E-state index contributed by atoms with van der Waals surface area (Å²) in [5.74, 6) is 1.04. The molecule has 1 atom stereocenters. The molecule has 0 aliphatic carbocycles. The molecule has 5 heteroatoms. The summed E-state index contributed by atoms with van der Waals surface area (Å²) < 4.78 is 10.5. The van der Waals surface area contributed by atoms with Crippen molar-refractivity contribution in [1.82, 2.24) is 10.6 Å². The summed E-state index contributed by atoms with van der Waals surface area (Å²) >= 11 is 0. The Kier molecular flexibility index (Phi) is 4.71. The number of carbonyl (C=O) groups is 1. The maximum Gasteiger partial charge on any atom is 0.252 e. The fraction of sp³-hybridized carbons (Fsp3) is 0.316. The molecule has 0 saturated heterocycles. The molecule has 3 rings (SSSR count). The van der Waals surface area contributed by atoms with Gasteiger partial charge in [0.2, 0.25) is 0 Å². The Hall–Kier alpha value is -2.53. The number of ether oxygens (including phenoxy) is 2. The predicted molar refractivity (Wildman–Crippen MR) is 92.6 cm³/mol. The summed E-state index contributed by atoms with van der Waals surface area (Å²) in [5.41, 5.74) is 4.11. The van der Waals surface area contributed by atoms with Gasteiger partial charge in [-0.1, -0.05) is 23.8 Å². The van der Waals surface area contributed by atoms with Gasteiger partial charge >= 0.3 is 0 Å². The van der Waals surface area contributed by atoms with Gasteiger partial charge in [-0.2, -0.15) is 0 Å². The van der Waals surface area contributed by atoms with Gasteiger partial charge in [-0.25, -0.2) is 0 Å². The number of nitrogens with one attached hydrogen (secondary N) is 2. The van der Waals surface area contributed by atoms with Crippen LogP contribution < -0.4 is 20.1 Å². The average Bonchev–Trinajstić information content (AvgIpc) is 2.61. The van der Waals surface area contributed by atoms with Gasteiger partial charge in [0.05, 0.1) is 20.3 Å². The van der Waals surface area contributed by atoms with Crippen LogP contribution in [0.1, 0.15) is 33.1 Å². The highest BCUT2D eigenvalue weighted by Gasteiger charge is 2.22. The Morgan fingerprint density at radius 2 is 1.83 bits per heavy atom. The third-order valence-corrected chi connectivity index (χ3v) is 4.26. The summed E-state index contributed by atoms with van der Waals surface area (Å²) in [6.07, 6.45) is 0. The van der Waals surface area contributed by atoms with Crippen LogP contribution in [0, 0.1) is 6.92 Å². The molecule has 0 bridgehead atoms. The molecule has 1 aliphatic rings. The molecule has 0 aromatic heterocycles. The van der Waals surface area contributed by atoms with E-state index >= 15 is 0 Å². The third kappa shape index (κ3) is 3.36. The van der Waals surface area contributed by atoms with Crippen LogP contribution in [0.5, 0.6) is 11.5 Å². The second-order valence-electron chi connectivity index (χ2n) is 5.96. The van der Waals surface area contributed by atoms with Crippen LogP contribution in [-0.4, -0.2) is 26.7 Å². The van der Waals surface area contributed by atoms with Crippen molar-refractivity contribution in [2.75, 3.05) is 20.8 Å². The van der Waals surface area contributed by atoms with E-state index in [0.717, 1.165) is 6.54 Å². The number of amides is 1. The number of carbonyl (C=O) groups excluding carboxylic acids is 1. The summed E-state index contributed by atoms with van der Waals surface area (Å²) in [6, 6.07) is 11.5. The minimum atomic E-state index is -0.145. The molecule has 0 radical (unpaired) electrons. The van der Waals surface area contributed by atoms with Crippen LogP contribution in [0.4, 0.5) is 0 Å². The molecule has 24 heavy (non-hydrogen) atoms. The van der Waals surface area contributed by atoms with Crippen molar-refractivity contribution < 1.29 is 14.3 Å². The normalized spacial score (nSPS) is 16.2. The number of fused-ring (bicyclic) bond motifs is 1. The fourth-order valence-electron chi connectivity index (χ4n) is 2.97. The maximum atomic E-state index is 12.7. The van der Waals surface area contributed by atoms with Gasteiger partial charge in [0, 0.05) is 24.7 Å². The number of benzene rings is 2. The van der Waals surface area contributed by atoms with Gasteiger partial charge in [0.1, 0.15) is 11.5 Å². The minimum Gasteiger partial charge on any atom is -0.497 e. The van der Waals surface area contributed by atoms with Crippen LogP contribution in [-0.2, 0) is 6.54 Å². The standard InChI is InChI=1S/C19H22N2O3/c1-12-4-5-13-10-20-11-18(17(13)6-12)21-19(22)14-7-15(23-2)9-16(8-14)24-3/h4-9,18,20H,10-11H2,1-3H3,(H,21,22). The highest BCUT2D eigenvalue weighted by Crippen LogP contribution is 2.26. The topological polar surface area (TPSA) is 59.6 Å². The van der Waals surface area contributed by atoms with Crippen LogP contribution in [0.3, 0.4) is 0 Å². The number of aryl methyl sites for hydroxylation is 1. The van der Waals surface area contributed by atoms with Crippen molar-refractivity contribution in [1.29, 1.82) is 0 Å². The minimum absolute atomic E-state index is 0.0571. The third-order valence-electron chi connectivity index (χ3n) is 4.26. The fourth-order valence-corrected chi connectivity index (χ4v) is 2.97. The van der Waals surface area contributed by atoms with E-state index in [0.29, 0.717) is 23.6 Å². The molecule has 0 saturated carbocycles. The zero-order chi connectivity index (χ0) is 17.1. The van der Waals surface area contributed by atoms with Gasteiger partial charge in [0.15, 0.2) is 0 Å². The molecule has 1 unspecified atom stereocenters. The van der Waals surface area contributed by atoms with E-state index in [4.69, 9.17) is 9.47 Å². The van der Waals surface area contributed by atoms with Crippen molar-refractivity contribution in [2.45, 2.75) is 19.5 Å². The number of rotatable bonds is 4. The molecule has 2 aromatic rings. The van der Waals surface area contributed by atoms with Gasteiger partial charge < -0.3 is 20.1 Å². The molecule has 1 heterocycles. The Balaban J connectivity index is 1.85. The van der Waals surface area contributed by atoms with Crippen LogP contribution in [0.25, 0.3) is 0 Å². The smallest absolute Gasteiger partial charge is 0.252 e. The number of hydrogen-bond donors (Lipinski definition) is 2. The summed E-state index contributed by atoms with van der Waals surface area (Å²) in [7, 11) is 3.14. The summed E-state index contributed by atoms with van der Waals surface area (Å²) in [5, 5.41) is 6.46. The Morgan fingerprint density at radius 3 is 2.50 bits per heavy atom. The lowest BCUT2D eigenvalue weighted by atomic mass is 9.94. The van der Waals surface area contributed by atoms with Gasteiger partial charge in [-0.15, -0.1) is 0 Å². The molecule has 0 fully saturated rings. The zero-order valence-corrected chi connectivity index (χ0v) is 14.2. The van der Waals surface area contributed by atoms with E-state index < -0.39 is 0 Å². The quantitative estimate of drug-likeness (QED) is 0.907. The van der Waals surface area contributed by atoms with Gasteiger partial charge in [-0.05, 0) is 30.2 Å². The van der Waals surface area contributed by atoms with Crippen molar-refractivity contribution in [2.24, 2.45) is 0 Å². The van der Waals surface area contributed by atoms with E-state index in [9.17, 15) is 4.79 Å². The Morgan fingerprint density at radius 1 is 1.12 bits per heavy atom. The molecule has 0 spiro atoms. The van der Waals surface area contributed by atoms with Gasteiger partial charge in [-0.3, -0.25) is 4.79 Å². The van der Waals surface area contributed by atoms with Crippen molar-refractivity contribution in [3.05, 3.63) is 58.7 Å². The lowest BCUT2D eigenvalue weighted by molar-refractivity contribution is 0.0934. The van der Waals surface area contributed by atoms with Crippen molar-refractivity contribution >= 4 is 5.91 Å². The van der Waals surface area contributed by atoms with E-state index in [1.807, 2.05) is 0 Å². The second-order valence-corrected chi connectivity index (χ2v) is 5.96. The Bertz CT molecular complexity index is 736. The average molecular weight is 326 g/mol. The van der Waals surface area contributed by atoms with E-state index in [1.54, 1.807) is 32.4 Å². The molecule has 5 nitrogen and oxygen atoms in total. The number of methoxy groups -OCH3 is 2. The molecule has 2 N–H and O–H groups in total. The van der Waals surface area contributed by atoms with E-state index in [1.165, 1.54) is 16.7 Å². The summed E-state index contributed by atoms with van der Waals surface area (Å²) in [4.78, 5) is 12.7. The highest BCUT2D eigenvalue weighted by atomic mass is 16.5. The monoisotopic (exact) mass is 326 g/mol. The molecular weight excluding hydrogens is 304 g/mol. The lowest BCUT2D eigenvalue weighted by Crippen LogP contribution is -2.39. The molecule has 1 amide bonds. The molecule has 2 aromatic carbocycles. The molecular formula is C19H22N2O3. The van der Waals surface area contributed by atoms with Gasteiger partial charge in [0.25, 0.3) is 5.91 Å². The largest absolute Gasteiger partial charge is 0.497 e. The lowest BCUT2D eigenvalue weighted by Gasteiger charge is -2.27. The van der Waals surface area contributed by atoms with E-state index in [-0.39, 0.29) is 11.9 Å². The maximum absolute atomic E-state index is 12.7.